The molecule has 0 amide bonds. The lowest BCUT2D eigenvalue weighted by Crippen LogP contribution is -3.00. The van der Waals surface area contributed by atoms with E-state index in [1.165, 1.54) is 15.9 Å². The van der Waals surface area contributed by atoms with Gasteiger partial charge in [0.2, 0.25) is 0 Å². The standard InChI is InChI=1S/C26H32O2P.ClH/c1-4-27-26(2,3)28-21-14-22-29(23-15-8-5-9-16-23,24-17-10-6-11-18-24)25-19-12-7-13-20-25;/h5-13,15-20H,4,14,21-22H2,1-3H3;1H/q+1;/p-1. The van der Waals surface area contributed by atoms with Gasteiger partial charge in [-0.3, -0.25) is 0 Å². The summed E-state index contributed by atoms with van der Waals surface area (Å²) < 4.78 is 11.8. The van der Waals surface area contributed by atoms with Gasteiger partial charge in [0.25, 0.3) is 0 Å². The minimum absolute atomic E-state index is 0. The maximum absolute atomic E-state index is 6.07. The van der Waals surface area contributed by atoms with Gasteiger partial charge in [0, 0.05) is 13.0 Å². The molecule has 0 heterocycles. The molecule has 3 aromatic carbocycles. The Morgan fingerprint density at radius 1 is 0.667 bits per heavy atom. The number of halogens is 1. The first-order chi connectivity index (χ1) is 14.1. The third-order valence-corrected chi connectivity index (χ3v) is 9.70. The normalized spacial score (nSPS) is 11.7. The molecule has 4 heteroatoms. The summed E-state index contributed by atoms with van der Waals surface area (Å²) >= 11 is 0. The molecule has 3 aromatic rings. The Bertz CT molecular complexity index is 757. The van der Waals surface area contributed by atoms with Crippen molar-refractivity contribution in [2.24, 2.45) is 0 Å². The average Bonchev–Trinajstić information content (AvgIpc) is 2.76. The molecule has 0 spiro atoms. The van der Waals surface area contributed by atoms with Gasteiger partial charge in [-0.15, -0.1) is 0 Å². The molecule has 0 saturated heterocycles. The fourth-order valence-corrected chi connectivity index (χ4v) is 8.21. The predicted molar refractivity (Wildman–Crippen MR) is 126 cm³/mol. The van der Waals surface area contributed by atoms with Crippen LogP contribution in [0.2, 0.25) is 0 Å². The first-order valence-corrected chi connectivity index (χ1v) is 12.4. The highest BCUT2D eigenvalue weighted by Gasteiger charge is 2.44. The van der Waals surface area contributed by atoms with Crippen molar-refractivity contribution in [1.29, 1.82) is 0 Å². The molecule has 0 saturated carbocycles. The van der Waals surface area contributed by atoms with E-state index in [4.69, 9.17) is 9.47 Å². The van der Waals surface area contributed by atoms with E-state index >= 15 is 0 Å². The molecule has 160 valence electrons. The average molecular weight is 443 g/mol. The van der Waals surface area contributed by atoms with Crippen LogP contribution in [0.25, 0.3) is 0 Å². The van der Waals surface area contributed by atoms with Crippen molar-refractivity contribution < 1.29 is 21.9 Å². The Hall–Kier alpha value is -1.70. The van der Waals surface area contributed by atoms with Gasteiger partial charge in [0.15, 0.2) is 5.79 Å². The van der Waals surface area contributed by atoms with Crippen molar-refractivity contribution in [1.82, 2.24) is 0 Å². The van der Waals surface area contributed by atoms with Crippen LogP contribution in [0.3, 0.4) is 0 Å². The monoisotopic (exact) mass is 442 g/mol. The highest BCUT2D eigenvalue weighted by molar-refractivity contribution is 7.95. The molecule has 0 unspecified atom stereocenters. The van der Waals surface area contributed by atoms with Crippen LogP contribution in [0, 0.1) is 0 Å². The molecule has 2 nitrogen and oxygen atoms in total. The Labute approximate surface area is 188 Å². The molecule has 0 aliphatic heterocycles. The molecule has 0 aliphatic rings. The SMILES string of the molecule is CCOC(C)(C)OCCC[P+](c1ccccc1)(c1ccccc1)c1ccccc1.[Cl-]. The van der Waals surface area contributed by atoms with Crippen LogP contribution >= 0.6 is 7.26 Å². The molecule has 0 fully saturated rings. The van der Waals surface area contributed by atoms with Crippen molar-refractivity contribution in [3.63, 3.8) is 0 Å². The molecule has 0 radical (unpaired) electrons. The van der Waals surface area contributed by atoms with Gasteiger partial charge in [-0.1, -0.05) is 54.6 Å². The molecule has 0 bridgehead atoms. The van der Waals surface area contributed by atoms with E-state index in [9.17, 15) is 0 Å². The quantitative estimate of drug-likeness (QED) is 0.272. The van der Waals surface area contributed by atoms with Crippen LogP contribution < -0.4 is 28.3 Å². The number of ether oxygens (including phenoxy) is 2. The Balaban J connectivity index is 0.00000320. The highest BCUT2D eigenvalue weighted by Crippen LogP contribution is 2.55. The Kier molecular flexibility index (Phi) is 9.52. The zero-order valence-electron chi connectivity index (χ0n) is 18.1. The van der Waals surface area contributed by atoms with Crippen LogP contribution in [0.15, 0.2) is 91.0 Å². The number of benzene rings is 3. The smallest absolute Gasteiger partial charge is 0.162 e. The second kappa shape index (κ2) is 11.6. The van der Waals surface area contributed by atoms with Gasteiger partial charge in [-0.05, 0) is 57.2 Å². The van der Waals surface area contributed by atoms with Crippen molar-refractivity contribution in [3.05, 3.63) is 91.0 Å². The minimum atomic E-state index is -1.77. The topological polar surface area (TPSA) is 18.5 Å². The van der Waals surface area contributed by atoms with E-state index < -0.39 is 13.0 Å². The zero-order chi connectivity index (χ0) is 20.6. The van der Waals surface area contributed by atoms with E-state index in [1.54, 1.807) is 0 Å². The fourth-order valence-electron chi connectivity index (χ4n) is 3.89. The van der Waals surface area contributed by atoms with E-state index in [-0.39, 0.29) is 12.4 Å². The van der Waals surface area contributed by atoms with Gasteiger partial charge in [0.05, 0.1) is 12.8 Å². The summed E-state index contributed by atoms with van der Waals surface area (Å²) in [4.78, 5) is 0. The zero-order valence-corrected chi connectivity index (χ0v) is 19.8. The molecular formula is C26H32ClO2P. The summed E-state index contributed by atoms with van der Waals surface area (Å²) in [6.45, 7) is 7.32. The fraction of sp³-hybridized carbons (Fsp3) is 0.308. The van der Waals surface area contributed by atoms with Crippen LogP contribution in [0.1, 0.15) is 27.2 Å². The lowest BCUT2D eigenvalue weighted by atomic mass is 10.3. The number of rotatable bonds is 10. The van der Waals surface area contributed by atoms with Gasteiger partial charge in [0.1, 0.15) is 23.2 Å². The Morgan fingerprint density at radius 2 is 1.07 bits per heavy atom. The Morgan fingerprint density at radius 3 is 1.43 bits per heavy atom. The summed E-state index contributed by atoms with van der Waals surface area (Å²) in [5.74, 6) is -0.540. The molecule has 30 heavy (non-hydrogen) atoms. The third kappa shape index (κ3) is 5.93. The van der Waals surface area contributed by atoms with E-state index in [0.717, 1.165) is 12.6 Å². The highest BCUT2D eigenvalue weighted by atomic mass is 35.5. The minimum Gasteiger partial charge on any atom is -1.00 e. The van der Waals surface area contributed by atoms with Gasteiger partial charge < -0.3 is 21.9 Å². The molecular weight excluding hydrogens is 411 g/mol. The molecule has 0 aromatic heterocycles. The first kappa shape index (κ1) is 24.6. The number of hydrogen-bond acceptors (Lipinski definition) is 2. The van der Waals surface area contributed by atoms with E-state index in [0.29, 0.717) is 13.2 Å². The first-order valence-electron chi connectivity index (χ1n) is 10.4. The number of hydrogen-bond donors (Lipinski definition) is 0. The summed E-state index contributed by atoms with van der Waals surface area (Å²) in [5, 5.41) is 4.25. The summed E-state index contributed by atoms with van der Waals surface area (Å²) in [5.41, 5.74) is 0. The van der Waals surface area contributed by atoms with Crippen LogP contribution in [-0.2, 0) is 9.47 Å². The summed E-state index contributed by atoms with van der Waals surface area (Å²) in [6, 6.07) is 33.0. The maximum Gasteiger partial charge on any atom is 0.162 e. The van der Waals surface area contributed by atoms with Crippen LogP contribution in [0.5, 0.6) is 0 Å². The molecule has 0 aliphatic carbocycles. The van der Waals surface area contributed by atoms with Crippen molar-refractivity contribution in [3.8, 4) is 0 Å². The largest absolute Gasteiger partial charge is 1.00 e. The van der Waals surface area contributed by atoms with Gasteiger partial charge in [-0.25, -0.2) is 0 Å². The molecule has 0 N–H and O–H groups in total. The van der Waals surface area contributed by atoms with Gasteiger partial charge >= 0.3 is 0 Å². The van der Waals surface area contributed by atoms with Crippen LogP contribution in [-0.4, -0.2) is 25.2 Å². The second-order valence-electron chi connectivity index (χ2n) is 7.57. The van der Waals surface area contributed by atoms with Crippen LogP contribution in [0.4, 0.5) is 0 Å². The van der Waals surface area contributed by atoms with Crippen molar-refractivity contribution in [2.75, 3.05) is 19.4 Å². The predicted octanol–water partition coefficient (Wildman–Crippen LogP) is 2.16. The molecule has 0 atom stereocenters. The van der Waals surface area contributed by atoms with Crippen molar-refractivity contribution >= 4 is 23.2 Å². The van der Waals surface area contributed by atoms with Gasteiger partial charge in [-0.2, -0.15) is 0 Å². The van der Waals surface area contributed by atoms with E-state index in [2.05, 4.69) is 91.0 Å². The molecule has 3 rings (SSSR count). The maximum atomic E-state index is 6.07. The summed E-state index contributed by atoms with van der Waals surface area (Å²) in [7, 11) is -1.77. The summed E-state index contributed by atoms with van der Waals surface area (Å²) in [6.07, 6.45) is 2.04. The second-order valence-corrected chi connectivity index (χ2v) is 11.2. The van der Waals surface area contributed by atoms with Crippen molar-refractivity contribution in [2.45, 2.75) is 33.0 Å². The third-order valence-electron chi connectivity index (χ3n) is 5.17. The lowest BCUT2D eigenvalue weighted by Gasteiger charge is -2.29. The van der Waals surface area contributed by atoms with E-state index in [1.807, 2.05) is 20.8 Å². The lowest BCUT2D eigenvalue weighted by molar-refractivity contribution is -0.210.